The molecule has 22 heavy (non-hydrogen) atoms. The second-order valence-electron chi connectivity index (χ2n) is 6.21. The summed E-state index contributed by atoms with van der Waals surface area (Å²) in [7, 11) is 0. The van der Waals surface area contributed by atoms with Crippen LogP contribution in [0.5, 0.6) is 0 Å². The molecular weight excluding hydrogens is 281 g/mol. The first-order valence-electron chi connectivity index (χ1n) is 7.62. The largest absolute Gasteiger partial charge is 0.394 e. The molecule has 1 aliphatic carbocycles. The van der Waals surface area contributed by atoms with Gasteiger partial charge in [0.2, 0.25) is 0 Å². The minimum absolute atomic E-state index is 0.0997. The van der Waals surface area contributed by atoms with E-state index in [1.165, 1.54) is 6.08 Å². The predicted octanol–water partition coefficient (Wildman–Crippen LogP) is 2.89. The molecule has 1 unspecified atom stereocenters. The topological polar surface area (TPSA) is 45.4 Å². The monoisotopic (exact) mass is 299 g/mol. The number of fused-ring (bicyclic) bond motifs is 2. The fourth-order valence-electron chi connectivity index (χ4n) is 3.89. The van der Waals surface area contributed by atoms with Gasteiger partial charge in [0.1, 0.15) is 11.9 Å². The third kappa shape index (κ3) is 2.02. The van der Waals surface area contributed by atoms with Gasteiger partial charge in [0.15, 0.2) is 0 Å². The molecule has 0 spiro atoms. The average molecular weight is 299 g/mol. The number of para-hydroxylation sites is 1. The molecular formula is C18H18FNO2. The highest BCUT2D eigenvalue weighted by Gasteiger charge is 2.32. The van der Waals surface area contributed by atoms with Gasteiger partial charge in [-0.25, -0.2) is 4.39 Å². The lowest BCUT2D eigenvalue weighted by Gasteiger charge is -2.33. The van der Waals surface area contributed by atoms with Gasteiger partial charge in [0, 0.05) is 6.20 Å². The van der Waals surface area contributed by atoms with E-state index in [2.05, 4.69) is 6.07 Å². The molecule has 1 aromatic heterocycles. The summed E-state index contributed by atoms with van der Waals surface area (Å²) in [4.78, 5) is 0. The lowest BCUT2D eigenvalue weighted by Crippen LogP contribution is -2.31. The third-order valence-electron chi connectivity index (χ3n) is 4.75. The lowest BCUT2D eigenvalue weighted by atomic mass is 9.82. The smallest absolute Gasteiger partial charge is 0.119 e. The van der Waals surface area contributed by atoms with Crippen LogP contribution >= 0.6 is 0 Å². The van der Waals surface area contributed by atoms with Gasteiger partial charge in [0.05, 0.1) is 18.2 Å². The SMILES string of the molecule is OC[C@@H](O)[C@@H]1C2=CC(F)=CC(C2)Cc2cccc3ccn1c23. The van der Waals surface area contributed by atoms with Gasteiger partial charge < -0.3 is 14.8 Å². The van der Waals surface area contributed by atoms with E-state index in [1.807, 2.05) is 29.0 Å². The zero-order valence-electron chi connectivity index (χ0n) is 12.1. The van der Waals surface area contributed by atoms with Crippen molar-refractivity contribution in [1.29, 1.82) is 0 Å². The summed E-state index contributed by atoms with van der Waals surface area (Å²) < 4.78 is 16.0. The summed E-state index contributed by atoms with van der Waals surface area (Å²) in [5, 5.41) is 20.9. The maximum atomic E-state index is 14.0. The molecule has 2 aromatic rings. The number of hydrogen-bond acceptors (Lipinski definition) is 2. The van der Waals surface area contributed by atoms with Crippen LogP contribution in [0, 0.1) is 5.92 Å². The summed E-state index contributed by atoms with van der Waals surface area (Å²) in [6.45, 7) is -0.347. The number of benzene rings is 1. The van der Waals surface area contributed by atoms with Crippen molar-refractivity contribution in [2.24, 2.45) is 5.92 Å². The number of hydrogen-bond donors (Lipinski definition) is 2. The van der Waals surface area contributed by atoms with Crippen LogP contribution in [-0.2, 0) is 6.42 Å². The van der Waals surface area contributed by atoms with Crippen LogP contribution in [0.3, 0.4) is 0 Å². The Morgan fingerprint density at radius 2 is 2.14 bits per heavy atom. The normalized spacial score (nSPS) is 25.2. The molecule has 0 saturated carbocycles. The standard InChI is InChI=1S/C18H18FNO2/c19-15-8-11-6-13-3-1-2-12-4-5-20(17(12)13)18(16(22)10-21)14(7-11)9-15/h1-5,8-9,11,16,18,21-22H,6-7,10H2/t11?,16-,18+/m1/s1. The molecule has 2 heterocycles. The van der Waals surface area contributed by atoms with Gasteiger partial charge in [-0.05, 0) is 53.5 Å². The molecule has 1 aromatic carbocycles. The highest BCUT2D eigenvalue weighted by atomic mass is 19.1. The molecule has 0 saturated heterocycles. The Labute approximate surface area is 128 Å². The van der Waals surface area contributed by atoms with Crippen LogP contribution in [0.25, 0.3) is 10.9 Å². The van der Waals surface area contributed by atoms with Crippen molar-refractivity contribution in [3.8, 4) is 0 Å². The summed E-state index contributed by atoms with van der Waals surface area (Å²) in [5.74, 6) is -0.146. The predicted molar refractivity (Wildman–Crippen MR) is 83.2 cm³/mol. The highest BCUT2D eigenvalue weighted by Crippen LogP contribution is 2.40. The minimum Gasteiger partial charge on any atom is -0.394 e. The number of halogens is 1. The van der Waals surface area contributed by atoms with Crippen LogP contribution in [0.1, 0.15) is 18.0 Å². The fourth-order valence-corrected chi connectivity index (χ4v) is 3.89. The molecule has 3 atom stereocenters. The Kier molecular flexibility index (Phi) is 3.17. The van der Waals surface area contributed by atoms with Gasteiger partial charge in [-0.15, -0.1) is 0 Å². The summed E-state index contributed by atoms with van der Waals surface area (Å²) in [6.07, 6.45) is 5.66. The van der Waals surface area contributed by atoms with Crippen molar-refractivity contribution in [1.82, 2.24) is 4.57 Å². The van der Waals surface area contributed by atoms with Gasteiger partial charge in [-0.1, -0.05) is 18.2 Å². The van der Waals surface area contributed by atoms with Crippen LogP contribution < -0.4 is 0 Å². The van der Waals surface area contributed by atoms with Crippen LogP contribution in [0.15, 0.2) is 54.0 Å². The Morgan fingerprint density at radius 3 is 2.95 bits per heavy atom. The van der Waals surface area contributed by atoms with Crippen molar-refractivity contribution >= 4 is 10.9 Å². The van der Waals surface area contributed by atoms with E-state index in [0.717, 1.165) is 28.5 Å². The maximum absolute atomic E-state index is 14.0. The summed E-state index contributed by atoms with van der Waals surface area (Å²) >= 11 is 0. The number of aromatic nitrogens is 1. The van der Waals surface area contributed by atoms with Gasteiger partial charge >= 0.3 is 0 Å². The number of rotatable bonds is 2. The number of allylic oxidation sites excluding steroid dienone is 3. The van der Waals surface area contributed by atoms with E-state index in [4.69, 9.17) is 0 Å². The van der Waals surface area contributed by atoms with E-state index < -0.39 is 12.1 Å². The number of nitrogens with zero attached hydrogens (tertiary/aromatic N) is 1. The van der Waals surface area contributed by atoms with E-state index in [0.29, 0.717) is 6.42 Å². The van der Waals surface area contributed by atoms with Crippen molar-refractivity contribution in [2.75, 3.05) is 6.61 Å². The third-order valence-corrected chi connectivity index (χ3v) is 4.75. The maximum Gasteiger partial charge on any atom is 0.119 e. The molecule has 1 aliphatic heterocycles. The second kappa shape index (κ2) is 5.07. The minimum atomic E-state index is -0.945. The first-order chi connectivity index (χ1) is 10.7. The Hall–Kier alpha value is -1.91. The fraction of sp³-hybridized carbons (Fsp3) is 0.333. The first-order valence-corrected chi connectivity index (χ1v) is 7.62. The molecule has 3 nitrogen and oxygen atoms in total. The van der Waals surface area contributed by atoms with Crippen LogP contribution in [-0.4, -0.2) is 27.5 Å². The molecule has 4 heteroatoms. The molecule has 0 fully saturated rings. The van der Waals surface area contributed by atoms with E-state index in [-0.39, 0.29) is 18.4 Å². The average Bonchev–Trinajstić information content (AvgIpc) is 2.91. The highest BCUT2D eigenvalue weighted by molar-refractivity contribution is 5.84. The number of aliphatic hydroxyl groups is 2. The quantitative estimate of drug-likeness (QED) is 0.895. The molecule has 4 rings (SSSR count). The van der Waals surface area contributed by atoms with Gasteiger partial charge in [-0.3, -0.25) is 0 Å². The molecule has 2 bridgehead atoms. The van der Waals surface area contributed by atoms with Crippen molar-refractivity contribution < 1.29 is 14.6 Å². The first kappa shape index (κ1) is 13.7. The Morgan fingerprint density at radius 1 is 1.27 bits per heavy atom. The van der Waals surface area contributed by atoms with Crippen molar-refractivity contribution in [3.05, 3.63) is 59.6 Å². The molecule has 2 N–H and O–H groups in total. The van der Waals surface area contributed by atoms with E-state index in [9.17, 15) is 14.6 Å². The van der Waals surface area contributed by atoms with Gasteiger partial charge in [-0.2, -0.15) is 0 Å². The van der Waals surface area contributed by atoms with Crippen molar-refractivity contribution in [2.45, 2.75) is 25.0 Å². The van der Waals surface area contributed by atoms with E-state index in [1.54, 1.807) is 6.08 Å². The van der Waals surface area contributed by atoms with Crippen LogP contribution in [0.4, 0.5) is 4.39 Å². The van der Waals surface area contributed by atoms with E-state index >= 15 is 0 Å². The Bertz CT molecular complexity index is 789. The molecule has 114 valence electrons. The van der Waals surface area contributed by atoms with Crippen LogP contribution in [0.2, 0.25) is 0 Å². The Balaban J connectivity index is 2.00. The molecule has 2 aliphatic rings. The molecule has 0 amide bonds. The lowest BCUT2D eigenvalue weighted by molar-refractivity contribution is 0.0621. The summed E-state index contributed by atoms with van der Waals surface area (Å²) in [6, 6.07) is 7.71. The summed E-state index contributed by atoms with van der Waals surface area (Å²) in [5.41, 5.74) is 3.08. The number of aliphatic hydroxyl groups excluding tert-OH is 2. The zero-order chi connectivity index (χ0) is 15.3. The van der Waals surface area contributed by atoms with Crippen molar-refractivity contribution in [3.63, 3.8) is 0 Å². The molecule has 0 radical (unpaired) electrons. The second-order valence-corrected chi connectivity index (χ2v) is 6.21. The van der Waals surface area contributed by atoms with Gasteiger partial charge in [0.25, 0.3) is 0 Å². The zero-order valence-corrected chi connectivity index (χ0v) is 12.1.